The van der Waals surface area contributed by atoms with E-state index in [2.05, 4.69) is 10.3 Å². The topological polar surface area (TPSA) is 101 Å². The number of anilines is 1. The molecule has 0 bridgehead atoms. The maximum Gasteiger partial charge on any atom is 0.266 e. The summed E-state index contributed by atoms with van der Waals surface area (Å²) >= 11 is 0.974. The number of benzene rings is 3. The van der Waals surface area contributed by atoms with Gasteiger partial charge in [0.15, 0.2) is 5.16 Å². The van der Waals surface area contributed by atoms with E-state index in [1.807, 2.05) is 0 Å². The Labute approximate surface area is 211 Å². The van der Waals surface area contributed by atoms with E-state index in [4.69, 9.17) is 0 Å². The molecule has 0 radical (unpaired) electrons. The normalized spacial score (nSPS) is 11.7. The van der Waals surface area contributed by atoms with Crippen LogP contribution in [0.5, 0.6) is 0 Å². The Bertz CT molecular complexity index is 1640. The standard InChI is InChI=1S/C25H23FN4O4S2/c1-16-12-13-17(36(33,34)29(2)3)14-21(16)27-23(31)15-35-25-28-20-10-6-4-8-18(20)24(32)30(25)22-11-7-5-9-19(22)26/h4-14H,15H2,1-3H3,(H,27,31). The minimum absolute atomic E-state index is 0.0288. The average Bonchev–Trinajstić information content (AvgIpc) is 2.85. The van der Waals surface area contributed by atoms with Crippen molar-refractivity contribution in [2.45, 2.75) is 17.0 Å². The van der Waals surface area contributed by atoms with Gasteiger partial charge in [0, 0.05) is 19.8 Å². The van der Waals surface area contributed by atoms with Gasteiger partial charge in [0.1, 0.15) is 5.82 Å². The number of amides is 1. The highest BCUT2D eigenvalue weighted by atomic mass is 32.2. The number of hydrogen-bond acceptors (Lipinski definition) is 6. The summed E-state index contributed by atoms with van der Waals surface area (Å²) in [6, 6.07) is 17.0. The molecule has 11 heteroatoms. The molecule has 0 unspecified atom stereocenters. The zero-order chi connectivity index (χ0) is 26.0. The van der Waals surface area contributed by atoms with Crippen molar-refractivity contribution >= 4 is 44.3 Å². The third kappa shape index (κ3) is 5.03. The second-order valence-corrected chi connectivity index (χ2v) is 11.2. The number of carbonyl (C=O) groups excluding carboxylic acids is 1. The number of fused-ring (bicyclic) bond motifs is 1. The summed E-state index contributed by atoms with van der Waals surface area (Å²) in [5.41, 5.74) is 1.03. The van der Waals surface area contributed by atoms with Crippen LogP contribution in [0.4, 0.5) is 10.1 Å². The fourth-order valence-electron chi connectivity index (χ4n) is 3.48. The second-order valence-electron chi connectivity index (χ2n) is 8.10. The van der Waals surface area contributed by atoms with Crippen LogP contribution in [0, 0.1) is 12.7 Å². The van der Waals surface area contributed by atoms with Crippen LogP contribution >= 0.6 is 11.8 Å². The van der Waals surface area contributed by atoms with Gasteiger partial charge in [-0.05, 0) is 48.9 Å². The number of rotatable bonds is 7. The van der Waals surface area contributed by atoms with Crippen molar-refractivity contribution in [2.75, 3.05) is 25.2 Å². The van der Waals surface area contributed by atoms with Crippen LogP contribution in [0.2, 0.25) is 0 Å². The van der Waals surface area contributed by atoms with Crippen molar-refractivity contribution in [3.8, 4) is 5.69 Å². The molecule has 4 aromatic rings. The molecule has 4 rings (SSSR count). The molecule has 1 N–H and O–H groups in total. The number of para-hydroxylation sites is 2. The van der Waals surface area contributed by atoms with Crippen LogP contribution in [0.1, 0.15) is 5.56 Å². The van der Waals surface area contributed by atoms with Gasteiger partial charge in [-0.2, -0.15) is 0 Å². The zero-order valence-electron chi connectivity index (χ0n) is 19.7. The molecule has 0 fully saturated rings. The summed E-state index contributed by atoms with van der Waals surface area (Å²) in [5.74, 6) is -1.19. The van der Waals surface area contributed by atoms with Crippen molar-refractivity contribution in [3.05, 3.63) is 88.5 Å². The number of aromatic nitrogens is 2. The highest BCUT2D eigenvalue weighted by molar-refractivity contribution is 7.99. The number of thioether (sulfide) groups is 1. The number of halogens is 1. The highest BCUT2D eigenvalue weighted by Crippen LogP contribution is 2.25. The molecule has 1 amide bonds. The van der Waals surface area contributed by atoms with Gasteiger partial charge in [-0.3, -0.25) is 14.2 Å². The number of carbonyl (C=O) groups is 1. The largest absolute Gasteiger partial charge is 0.325 e. The smallest absolute Gasteiger partial charge is 0.266 e. The van der Waals surface area contributed by atoms with E-state index in [1.54, 1.807) is 43.3 Å². The van der Waals surface area contributed by atoms with Crippen molar-refractivity contribution in [3.63, 3.8) is 0 Å². The fraction of sp³-hybridized carbons (Fsp3) is 0.160. The first kappa shape index (κ1) is 25.5. The number of nitrogens with zero attached hydrogens (tertiary/aromatic N) is 3. The van der Waals surface area contributed by atoms with E-state index in [-0.39, 0.29) is 21.5 Å². The molecule has 3 aromatic carbocycles. The van der Waals surface area contributed by atoms with E-state index < -0.39 is 27.3 Å². The van der Waals surface area contributed by atoms with Gasteiger partial charge < -0.3 is 5.32 Å². The van der Waals surface area contributed by atoms with Crippen LogP contribution < -0.4 is 10.9 Å². The Hall–Kier alpha value is -3.54. The lowest BCUT2D eigenvalue weighted by molar-refractivity contribution is -0.113. The monoisotopic (exact) mass is 526 g/mol. The summed E-state index contributed by atoms with van der Waals surface area (Å²) in [4.78, 5) is 30.6. The molecule has 186 valence electrons. The van der Waals surface area contributed by atoms with E-state index in [0.717, 1.165) is 20.6 Å². The van der Waals surface area contributed by atoms with Gasteiger partial charge >= 0.3 is 0 Å². The van der Waals surface area contributed by atoms with Crippen LogP contribution in [0.25, 0.3) is 16.6 Å². The van der Waals surface area contributed by atoms with Gasteiger partial charge in [0.05, 0.1) is 27.2 Å². The first-order chi connectivity index (χ1) is 17.1. The Morgan fingerprint density at radius 2 is 1.78 bits per heavy atom. The van der Waals surface area contributed by atoms with Crippen molar-refractivity contribution in [1.29, 1.82) is 0 Å². The maximum atomic E-state index is 14.6. The summed E-state index contributed by atoms with van der Waals surface area (Å²) in [6.45, 7) is 1.75. The molecule has 0 aliphatic rings. The summed E-state index contributed by atoms with van der Waals surface area (Å²) in [5, 5.41) is 3.20. The number of sulfonamides is 1. The third-order valence-corrected chi connectivity index (χ3v) is 8.18. The van der Waals surface area contributed by atoms with E-state index in [9.17, 15) is 22.4 Å². The first-order valence-corrected chi connectivity index (χ1v) is 13.2. The first-order valence-electron chi connectivity index (χ1n) is 10.8. The van der Waals surface area contributed by atoms with Crippen LogP contribution in [0.3, 0.4) is 0 Å². The molecule has 0 saturated carbocycles. The number of hydrogen-bond donors (Lipinski definition) is 1. The molecular formula is C25H23FN4O4S2. The molecular weight excluding hydrogens is 503 g/mol. The lowest BCUT2D eigenvalue weighted by Gasteiger charge is -2.15. The van der Waals surface area contributed by atoms with Crippen molar-refractivity contribution < 1.29 is 17.6 Å². The van der Waals surface area contributed by atoms with Crippen LogP contribution in [-0.2, 0) is 14.8 Å². The quantitative estimate of drug-likeness (QED) is 0.290. The lowest BCUT2D eigenvalue weighted by atomic mass is 10.2. The average molecular weight is 527 g/mol. The Morgan fingerprint density at radius 1 is 1.08 bits per heavy atom. The van der Waals surface area contributed by atoms with Crippen molar-refractivity contribution in [2.24, 2.45) is 0 Å². The summed E-state index contributed by atoms with van der Waals surface area (Å²) in [6.07, 6.45) is 0. The molecule has 36 heavy (non-hydrogen) atoms. The molecule has 8 nitrogen and oxygen atoms in total. The Kier molecular flexibility index (Phi) is 7.25. The second kappa shape index (κ2) is 10.2. The van der Waals surface area contributed by atoms with Gasteiger partial charge in [-0.25, -0.2) is 22.1 Å². The van der Waals surface area contributed by atoms with E-state index in [1.165, 1.54) is 44.4 Å². The Morgan fingerprint density at radius 3 is 2.50 bits per heavy atom. The Balaban J connectivity index is 1.65. The fourth-order valence-corrected chi connectivity index (χ4v) is 5.21. The lowest BCUT2D eigenvalue weighted by Crippen LogP contribution is -2.24. The summed E-state index contributed by atoms with van der Waals surface area (Å²) < 4.78 is 41.8. The minimum atomic E-state index is -3.68. The predicted molar refractivity (Wildman–Crippen MR) is 139 cm³/mol. The van der Waals surface area contributed by atoms with Gasteiger partial charge in [-0.1, -0.05) is 42.1 Å². The molecule has 0 aliphatic heterocycles. The third-order valence-electron chi connectivity index (χ3n) is 5.43. The zero-order valence-corrected chi connectivity index (χ0v) is 21.4. The van der Waals surface area contributed by atoms with Gasteiger partial charge in [-0.15, -0.1) is 0 Å². The molecule has 0 spiro atoms. The van der Waals surface area contributed by atoms with Gasteiger partial charge in [0.25, 0.3) is 5.56 Å². The van der Waals surface area contributed by atoms with Gasteiger partial charge in [0.2, 0.25) is 15.9 Å². The molecule has 1 aromatic heterocycles. The predicted octanol–water partition coefficient (Wildman–Crippen LogP) is 3.81. The molecule has 0 saturated heterocycles. The van der Waals surface area contributed by atoms with Crippen LogP contribution in [0.15, 0.2) is 81.6 Å². The van der Waals surface area contributed by atoms with Crippen LogP contribution in [-0.4, -0.2) is 48.0 Å². The van der Waals surface area contributed by atoms with E-state index >= 15 is 0 Å². The molecule has 0 aliphatic carbocycles. The van der Waals surface area contributed by atoms with Crippen molar-refractivity contribution in [1.82, 2.24) is 13.9 Å². The van der Waals surface area contributed by atoms with E-state index in [0.29, 0.717) is 22.2 Å². The molecule has 1 heterocycles. The number of aryl methyl sites for hydroxylation is 1. The number of nitrogens with one attached hydrogen (secondary N) is 1. The maximum absolute atomic E-state index is 14.6. The summed E-state index contributed by atoms with van der Waals surface area (Å²) in [7, 11) is -0.827. The minimum Gasteiger partial charge on any atom is -0.325 e. The highest BCUT2D eigenvalue weighted by Gasteiger charge is 2.20. The molecule has 0 atom stereocenters. The SMILES string of the molecule is Cc1ccc(S(=O)(=O)N(C)C)cc1NC(=O)CSc1nc2ccccc2c(=O)n1-c1ccccc1F.